The summed E-state index contributed by atoms with van der Waals surface area (Å²) in [5.74, 6) is -0.235. The molecule has 8 nitrogen and oxygen atoms in total. The van der Waals surface area contributed by atoms with Crippen molar-refractivity contribution in [1.82, 2.24) is 4.90 Å². The number of amides is 1. The third kappa shape index (κ3) is 4.62. The first-order valence-electron chi connectivity index (χ1n) is 9.53. The minimum atomic E-state index is -0.520. The van der Waals surface area contributed by atoms with Crippen molar-refractivity contribution in [1.29, 1.82) is 5.41 Å². The Hall–Kier alpha value is -2.61. The van der Waals surface area contributed by atoms with E-state index in [-0.39, 0.29) is 24.0 Å². The maximum absolute atomic E-state index is 12.5. The van der Waals surface area contributed by atoms with Crippen LogP contribution in [-0.4, -0.2) is 60.2 Å². The lowest BCUT2D eigenvalue weighted by Crippen LogP contribution is -2.44. The normalized spacial score (nSPS) is 23.0. The number of nitrogens with one attached hydrogen (secondary N) is 1. The summed E-state index contributed by atoms with van der Waals surface area (Å²) in [6.07, 6.45) is 0.948. The van der Waals surface area contributed by atoms with E-state index in [0.29, 0.717) is 24.3 Å². The first-order valence-corrected chi connectivity index (χ1v) is 9.53. The summed E-state index contributed by atoms with van der Waals surface area (Å²) >= 11 is 0. The molecule has 2 aliphatic rings. The number of ether oxygens (including phenoxy) is 2. The van der Waals surface area contributed by atoms with Crippen LogP contribution in [0.2, 0.25) is 0 Å². The van der Waals surface area contributed by atoms with Crippen LogP contribution in [0.4, 0.5) is 10.5 Å². The molecule has 0 saturated carbocycles. The van der Waals surface area contributed by atoms with Gasteiger partial charge in [-0.25, -0.2) is 4.79 Å². The molecule has 1 amide bonds. The maximum Gasteiger partial charge on any atom is 0.414 e. The van der Waals surface area contributed by atoms with Crippen molar-refractivity contribution in [3.05, 3.63) is 29.8 Å². The highest BCUT2D eigenvalue weighted by atomic mass is 16.6. The molecular formula is C20H28N4O4. The van der Waals surface area contributed by atoms with Gasteiger partial charge in [-0.3, -0.25) is 20.0 Å². The molecule has 0 aromatic heterocycles. The summed E-state index contributed by atoms with van der Waals surface area (Å²) in [4.78, 5) is 28.4. The highest BCUT2D eigenvalue weighted by molar-refractivity contribution is 5.96. The average Bonchev–Trinajstić information content (AvgIpc) is 3.20. The van der Waals surface area contributed by atoms with E-state index < -0.39 is 11.7 Å². The molecule has 2 atom stereocenters. The van der Waals surface area contributed by atoms with Crippen molar-refractivity contribution in [2.24, 2.45) is 5.73 Å². The minimum absolute atomic E-state index is 0.0179. The number of benzene rings is 1. The van der Waals surface area contributed by atoms with E-state index in [1.807, 2.05) is 25.7 Å². The van der Waals surface area contributed by atoms with Crippen LogP contribution in [0.1, 0.15) is 39.2 Å². The third-order valence-electron chi connectivity index (χ3n) is 4.84. The number of amidine groups is 1. The second-order valence-corrected chi connectivity index (χ2v) is 8.26. The van der Waals surface area contributed by atoms with Gasteiger partial charge in [0.25, 0.3) is 0 Å². The number of nitrogens with zero attached hydrogens (tertiary/aromatic N) is 2. The molecule has 1 aromatic carbocycles. The standard InChI is InChI=1S/C20H28N4O4/c1-20(2,3)28-18(25)16-5-4-10-23(16)11-15-12-24(19(26)27-15)14-8-6-13(7-9-14)17(21)22/h6-9,15-16H,4-5,10-12H2,1-3H3,(H3,21,22). The van der Waals surface area contributed by atoms with Gasteiger partial charge >= 0.3 is 12.1 Å². The van der Waals surface area contributed by atoms with Crippen LogP contribution in [0, 0.1) is 5.41 Å². The second kappa shape index (κ2) is 7.79. The van der Waals surface area contributed by atoms with E-state index in [1.165, 1.54) is 0 Å². The lowest BCUT2D eigenvalue weighted by atomic mass is 10.1. The van der Waals surface area contributed by atoms with E-state index >= 15 is 0 Å². The van der Waals surface area contributed by atoms with E-state index in [9.17, 15) is 9.59 Å². The minimum Gasteiger partial charge on any atom is -0.459 e. The summed E-state index contributed by atoms with van der Waals surface area (Å²) in [7, 11) is 0. The summed E-state index contributed by atoms with van der Waals surface area (Å²) < 4.78 is 11.1. The molecule has 2 saturated heterocycles. The quantitative estimate of drug-likeness (QED) is 0.454. The summed E-state index contributed by atoms with van der Waals surface area (Å²) in [6, 6.07) is 6.62. The number of esters is 1. The van der Waals surface area contributed by atoms with Gasteiger partial charge < -0.3 is 15.2 Å². The Bertz CT molecular complexity index is 756. The van der Waals surface area contributed by atoms with Crippen molar-refractivity contribution in [3.63, 3.8) is 0 Å². The fourth-order valence-corrected chi connectivity index (χ4v) is 3.59. The summed E-state index contributed by atoms with van der Waals surface area (Å²) in [6.45, 7) is 7.27. The summed E-state index contributed by atoms with van der Waals surface area (Å²) in [5.41, 5.74) is 6.25. The predicted octanol–water partition coefficient (Wildman–Crippen LogP) is 2.10. The van der Waals surface area contributed by atoms with Crippen LogP contribution < -0.4 is 10.6 Å². The molecule has 8 heteroatoms. The lowest BCUT2D eigenvalue weighted by Gasteiger charge is -2.28. The van der Waals surface area contributed by atoms with Crippen molar-refractivity contribution in [2.45, 2.75) is 51.4 Å². The Morgan fingerprint density at radius 2 is 2.00 bits per heavy atom. The highest BCUT2D eigenvalue weighted by Gasteiger charge is 2.39. The third-order valence-corrected chi connectivity index (χ3v) is 4.84. The van der Waals surface area contributed by atoms with Crippen molar-refractivity contribution in [2.75, 3.05) is 24.5 Å². The van der Waals surface area contributed by atoms with Crippen LogP contribution in [0.5, 0.6) is 0 Å². The van der Waals surface area contributed by atoms with Crippen molar-refractivity contribution >= 4 is 23.6 Å². The number of carbonyl (C=O) groups is 2. The lowest BCUT2D eigenvalue weighted by molar-refractivity contribution is -0.160. The van der Waals surface area contributed by atoms with E-state index in [4.69, 9.17) is 20.6 Å². The number of hydrogen-bond donors (Lipinski definition) is 2. The Labute approximate surface area is 165 Å². The molecule has 0 radical (unpaired) electrons. The van der Waals surface area contributed by atoms with Gasteiger partial charge in [-0.1, -0.05) is 0 Å². The molecule has 28 heavy (non-hydrogen) atoms. The van der Waals surface area contributed by atoms with Gasteiger partial charge in [0.1, 0.15) is 23.6 Å². The van der Waals surface area contributed by atoms with Gasteiger partial charge in [0.15, 0.2) is 0 Å². The van der Waals surface area contributed by atoms with Crippen LogP contribution in [0.25, 0.3) is 0 Å². The Kier molecular flexibility index (Phi) is 5.60. The zero-order chi connectivity index (χ0) is 20.5. The van der Waals surface area contributed by atoms with Crippen LogP contribution in [-0.2, 0) is 14.3 Å². The topological polar surface area (TPSA) is 109 Å². The monoisotopic (exact) mass is 388 g/mol. The van der Waals surface area contributed by atoms with Gasteiger partial charge in [-0.15, -0.1) is 0 Å². The first kappa shape index (κ1) is 20.1. The maximum atomic E-state index is 12.5. The smallest absolute Gasteiger partial charge is 0.414 e. The van der Waals surface area contributed by atoms with Gasteiger partial charge in [0.05, 0.1) is 6.54 Å². The van der Waals surface area contributed by atoms with Gasteiger partial charge in [-0.05, 0) is 64.4 Å². The molecule has 0 bridgehead atoms. The first-order chi connectivity index (χ1) is 13.1. The molecule has 2 fully saturated rings. The Balaban J connectivity index is 1.62. The number of carbonyl (C=O) groups excluding carboxylic acids is 2. The zero-order valence-electron chi connectivity index (χ0n) is 16.6. The average molecular weight is 388 g/mol. The van der Waals surface area contributed by atoms with E-state index in [1.54, 1.807) is 29.2 Å². The Morgan fingerprint density at radius 1 is 1.32 bits per heavy atom. The van der Waals surface area contributed by atoms with Crippen molar-refractivity contribution in [3.8, 4) is 0 Å². The SMILES string of the molecule is CC(C)(C)OC(=O)C1CCCN1CC1CN(c2ccc(C(=N)N)cc2)C(=O)O1. The number of nitrogens with two attached hydrogens (primary N) is 1. The molecule has 2 heterocycles. The molecule has 0 spiro atoms. The molecule has 2 unspecified atom stereocenters. The fraction of sp³-hybridized carbons (Fsp3) is 0.550. The van der Waals surface area contributed by atoms with Crippen LogP contribution in [0.15, 0.2) is 24.3 Å². The molecule has 152 valence electrons. The van der Waals surface area contributed by atoms with Gasteiger partial charge in [-0.2, -0.15) is 0 Å². The predicted molar refractivity (Wildman–Crippen MR) is 106 cm³/mol. The molecule has 0 aliphatic carbocycles. The van der Waals surface area contributed by atoms with Gasteiger partial charge in [0.2, 0.25) is 0 Å². The summed E-state index contributed by atoms with van der Waals surface area (Å²) in [5, 5.41) is 7.45. The molecular weight excluding hydrogens is 360 g/mol. The molecule has 1 aromatic rings. The van der Waals surface area contributed by atoms with E-state index in [2.05, 4.69) is 0 Å². The number of likely N-dealkylation sites (tertiary alicyclic amines) is 1. The number of nitrogen functional groups attached to an aromatic ring is 1. The van der Waals surface area contributed by atoms with Crippen LogP contribution in [0.3, 0.4) is 0 Å². The van der Waals surface area contributed by atoms with Crippen LogP contribution >= 0.6 is 0 Å². The van der Waals surface area contributed by atoms with E-state index in [0.717, 1.165) is 19.4 Å². The van der Waals surface area contributed by atoms with Crippen molar-refractivity contribution < 1.29 is 19.1 Å². The largest absolute Gasteiger partial charge is 0.459 e. The molecule has 3 rings (SSSR count). The Morgan fingerprint density at radius 3 is 2.61 bits per heavy atom. The number of hydrogen-bond acceptors (Lipinski definition) is 6. The molecule has 2 aliphatic heterocycles. The fourth-order valence-electron chi connectivity index (χ4n) is 3.59. The molecule has 3 N–H and O–H groups in total. The number of rotatable bonds is 5. The number of anilines is 1. The highest BCUT2D eigenvalue weighted by Crippen LogP contribution is 2.26. The number of cyclic esters (lactones) is 1. The second-order valence-electron chi connectivity index (χ2n) is 8.26. The van der Waals surface area contributed by atoms with Gasteiger partial charge in [0, 0.05) is 17.8 Å². The zero-order valence-corrected chi connectivity index (χ0v) is 16.6.